The summed E-state index contributed by atoms with van der Waals surface area (Å²) < 4.78 is 1.03. The van der Waals surface area contributed by atoms with Gasteiger partial charge >= 0.3 is 0 Å². The van der Waals surface area contributed by atoms with Gasteiger partial charge in [0.1, 0.15) is 0 Å². The molecule has 98 valence electrons. The van der Waals surface area contributed by atoms with E-state index in [4.69, 9.17) is 0 Å². The van der Waals surface area contributed by atoms with Gasteiger partial charge in [0.05, 0.1) is 6.42 Å². The van der Waals surface area contributed by atoms with Gasteiger partial charge in [-0.3, -0.25) is 4.79 Å². The second kappa shape index (κ2) is 6.34. The number of nitrogens with one attached hydrogen (secondary N) is 1. The minimum Gasteiger partial charge on any atom is -0.338 e. The van der Waals surface area contributed by atoms with Crippen LogP contribution in [0.1, 0.15) is 18.4 Å². The van der Waals surface area contributed by atoms with Crippen molar-refractivity contribution < 1.29 is 4.79 Å². The highest BCUT2D eigenvalue weighted by molar-refractivity contribution is 9.10. The van der Waals surface area contributed by atoms with Gasteiger partial charge in [-0.15, -0.1) is 0 Å². The maximum atomic E-state index is 12.3. The first-order chi connectivity index (χ1) is 8.70. The van der Waals surface area contributed by atoms with E-state index in [1.54, 1.807) is 0 Å². The first kappa shape index (κ1) is 13.6. The summed E-state index contributed by atoms with van der Waals surface area (Å²) in [6.07, 6.45) is 2.74. The molecule has 1 aromatic rings. The van der Waals surface area contributed by atoms with E-state index >= 15 is 0 Å². The zero-order valence-electron chi connectivity index (χ0n) is 10.7. The fourth-order valence-corrected chi connectivity index (χ4v) is 2.98. The number of benzene rings is 1. The number of carbonyl (C=O) groups is 1. The Balaban J connectivity index is 1.99. The van der Waals surface area contributed by atoms with Gasteiger partial charge in [-0.1, -0.05) is 28.1 Å². The zero-order valence-corrected chi connectivity index (χ0v) is 12.2. The molecular weight excluding hydrogens is 292 g/mol. The van der Waals surface area contributed by atoms with Crippen molar-refractivity contribution in [1.82, 2.24) is 10.2 Å². The van der Waals surface area contributed by atoms with E-state index in [1.165, 1.54) is 0 Å². The lowest BCUT2D eigenvalue weighted by Gasteiger charge is -2.24. The largest absolute Gasteiger partial charge is 0.338 e. The second-order valence-corrected chi connectivity index (χ2v) is 5.66. The summed E-state index contributed by atoms with van der Waals surface area (Å²) in [5.41, 5.74) is 1.07. The summed E-state index contributed by atoms with van der Waals surface area (Å²) in [4.78, 5) is 14.3. The average Bonchev–Trinajstić information content (AvgIpc) is 2.78. The van der Waals surface area contributed by atoms with E-state index in [1.807, 2.05) is 36.2 Å². The summed E-state index contributed by atoms with van der Waals surface area (Å²) in [5, 5.41) is 3.17. The molecule has 1 heterocycles. The van der Waals surface area contributed by atoms with Crippen molar-refractivity contribution in [2.75, 3.05) is 20.1 Å². The lowest BCUT2D eigenvalue weighted by Crippen LogP contribution is -2.41. The van der Waals surface area contributed by atoms with Gasteiger partial charge in [-0.05, 0) is 37.6 Å². The summed E-state index contributed by atoms with van der Waals surface area (Å²) in [6.45, 7) is 1.80. The van der Waals surface area contributed by atoms with Crippen LogP contribution in [-0.4, -0.2) is 37.0 Å². The van der Waals surface area contributed by atoms with Gasteiger partial charge in [0.2, 0.25) is 5.91 Å². The maximum absolute atomic E-state index is 12.3. The molecule has 1 atom stereocenters. The summed E-state index contributed by atoms with van der Waals surface area (Å²) >= 11 is 3.44. The molecule has 0 spiro atoms. The number of hydrogen-bond acceptors (Lipinski definition) is 2. The Kier molecular flexibility index (Phi) is 4.78. The fourth-order valence-electron chi connectivity index (χ4n) is 2.53. The molecular formula is C14H19BrN2O. The zero-order chi connectivity index (χ0) is 13.0. The van der Waals surface area contributed by atoms with Gasteiger partial charge in [0.15, 0.2) is 0 Å². The smallest absolute Gasteiger partial charge is 0.227 e. The van der Waals surface area contributed by atoms with Crippen molar-refractivity contribution >= 4 is 21.8 Å². The van der Waals surface area contributed by atoms with Crippen molar-refractivity contribution in [3.63, 3.8) is 0 Å². The third-order valence-electron chi connectivity index (χ3n) is 3.38. The summed E-state index contributed by atoms with van der Waals surface area (Å²) in [7, 11) is 1.94. The van der Waals surface area contributed by atoms with Gasteiger partial charge < -0.3 is 10.2 Å². The number of nitrogens with zero attached hydrogens (tertiary/aromatic N) is 1. The number of likely N-dealkylation sites (tertiary alicyclic amines) is 1. The van der Waals surface area contributed by atoms with E-state index < -0.39 is 0 Å². The molecule has 4 heteroatoms. The second-order valence-electron chi connectivity index (χ2n) is 4.75. The Bertz CT molecular complexity index is 422. The van der Waals surface area contributed by atoms with E-state index in [0.717, 1.165) is 36.0 Å². The minimum atomic E-state index is 0.242. The van der Waals surface area contributed by atoms with Crippen molar-refractivity contribution in [3.8, 4) is 0 Å². The third-order valence-corrected chi connectivity index (χ3v) is 3.87. The molecule has 0 saturated carbocycles. The first-order valence-electron chi connectivity index (χ1n) is 6.39. The van der Waals surface area contributed by atoms with Crippen molar-refractivity contribution in [2.24, 2.45) is 0 Å². The van der Waals surface area contributed by atoms with Gasteiger partial charge in [0.25, 0.3) is 0 Å². The van der Waals surface area contributed by atoms with Crippen LogP contribution in [0.25, 0.3) is 0 Å². The Morgan fingerprint density at radius 2 is 2.39 bits per heavy atom. The van der Waals surface area contributed by atoms with Crippen LogP contribution < -0.4 is 5.32 Å². The molecule has 2 rings (SSSR count). The number of rotatable bonds is 4. The van der Waals surface area contributed by atoms with E-state index in [9.17, 15) is 4.79 Å². The highest BCUT2D eigenvalue weighted by atomic mass is 79.9. The molecule has 1 amide bonds. The predicted octanol–water partition coefficient (Wildman–Crippen LogP) is 2.20. The normalized spacial score (nSPS) is 19.2. The Morgan fingerprint density at radius 1 is 1.56 bits per heavy atom. The van der Waals surface area contributed by atoms with Crippen LogP contribution in [0.4, 0.5) is 0 Å². The monoisotopic (exact) mass is 310 g/mol. The van der Waals surface area contributed by atoms with Crippen molar-refractivity contribution in [1.29, 1.82) is 0 Å². The SMILES string of the molecule is CNC[C@H]1CCCN1C(=O)Cc1cccc(Br)c1. The maximum Gasteiger partial charge on any atom is 0.227 e. The van der Waals surface area contributed by atoms with Crippen LogP contribution in [0, 0.1) is 0 Å². The van der Waals surface area contributed by atoms with Crippen LogP contribution in [0.2, 0.25) is 0 Å². The van der Waals surface area contributed by atoms with Gasteiger partial charge in [0, 0.05) is 23.6 Å². The van der Waals surface area contributed by atoms with E-state index in [-0.39, 0.29) is 5.91 Å². The van der Waals surface area contributed by atoms with Crippen LogP contribution in [0.5, 0.6) is 0 Å². The van der Waals surface area contributed by atoms with Gasteiger partial charge in [-0.25, -0.2) is 0 Å². The molecule has 1 aliphatic rings. The first-order valence-corrected chi connectivity index (χ1v) is 7.18. The molecule has 0 aromatic heterocycles. The topological polar surface area (TPSA) is 32.3 Å². The lowest BCUT2D eigenvalue weighted by molar-refractivity contribution is -0.131. The lowest BCUT2D eigenvalue weighted by atomic mass is 10.1. The standard InChI is InChI=1S/C14H19BrN2O/c1-16-10-13-6-3-7-17(13)14(18)9-11-4-2-5-12(15)8-11/h2,4-5,8,13,16H,3,6-7,9-10H2,1H3/t13-/m1/s1. The van der Waals surface area contributed by atoms with Crippen LogP contribution >= 0.6 is 15.9 Å². The van der Waals surface area contributed by atoms with Crippen molar-refractivity contribution in [2.45, 2.75) is 25.3 Å². The van der Waals surface area contributed by atoms with Crippen LogP contribution in [0.15, 0.2) is 28.7 Å². The Labute approximate surface area is 117 Å². The predicted molar refractivity (Wildman–Crippen MR) is 76.5 cm³/mol. The Morgan fingerprint density at radius 3 is 3.11 bits per heavy atom. The number of amides is 1. The third kappa shape index (κ3) is 3.33. The molecule has 1 aliphatic heterocycles. The number of hydrogen-bond donors (Lipinski definition) is 1. The van der Waals surface area contributed by atoms with Crippen LogP contribution in [0.3, 0.4) is 0 Å². The molecule has 0 aliphatic carbocycles. The number of carbonyl (C=O) groups excluding carboxylic acids is 1. The van der Waals surface area contributed by atoms with Crippen LogP contribution in [-0.2, 0) is 11.2 Å². The molecule has 1 fully saturated rings. The summed E-state index contributed by atoms with van der Waals surface area (Å²) in [6, 6.07) is 8.34. The summed E-state index contributed by atoms with van der Waals surface area (Å²) in [5.74, 6) is 0.242. The molecule has 0 bridgehead atoms. The molecule has 0 unspecified atom stereocenters. The molecule has 1 N–H and O–H groups in total. The molecule has 1 saturated heterocycles. The quantitative estimate of drug-likeness (QED) is 0.924. The Hall–Kier alpha value is -0.870. The molecule has 18 heavy (non-hydrogen) atoms. The number of likely N-dealkylation sites (N-methyl/N-ethyl adjacent to an activating group) is 1. The highest BCUT2D eigenvalue weighted by Gasteiger charge is 2.27. The average molecular weight is 311 g/mol. The molecule has 0 radical (unpaired) electrons. The fraction of sp³-hybridized carbons (Fsp3) is 0.500. The van der Waals surface area contributed by atoms with Gasteiger partial charge in [-0.2, -0.15) is 0 Å². The van der Waals surface area contributed by atoms with Crippen molar-refractivity contribution in [3.05, 3.63) is 34.3 Å². The molecule has 1 aromatic carbocycles. The number of halogens is 1. The van der Waals surface area contributed by atoms with E-state index in [2.05, 4.69) is 21.2 Å². The highest BCUT2D eigenvalue weighted by Crippen LogP contribution is 2.19. The van der Waals surface area contributed by atoms with E-state index in [0.29, 0.717) is 12.5 Å². The molecule has 3 nitrogen and oxygen atoms in total. The minimum absolute atomic E-state index is 0.242.